The second-order valence-electron chi connectivity index (χ2n) is 5.63. The van der Waals surface area contributed by atoms with Crippen LogP contribution in [0.3, 0.4) is 0 Å². The van der Waals surface area contributed by atoms with Gasteiger partial charge in [0.25, 0.3) is 5.89 Å². The van der Waals surface area contributed by atoms with Crippen molar-refractivity contribution in [2.24, 2.45) is 0 Å². The summed E-state index contributed by atoms with van der Waals surface area (Å²) in [6.45, 7) is 0.544. The van der Waals surface area contributed by atoms with E-state index in [-0.39, 0.29) is 12.3 Å². The third-order valence-corrected chi connectivity index (χ3v) is 3.83. The fourth-order valence-corrected chi connectivity index (χ4v) is 2.50. The van der Waals surface area contributed by atoms with E-state index in [4.69, 9.17) is 9.15 Å². The largest absolute Gasteiger partial charge is 0.496 e. The molecule has 7 heteroatoms. The Morgan fingerprint density at radius 3 is 2.77 bits per heavy atom. The lowest BCUT2D eigenvalue weighted by atomic mass is 10.1. The van der Waals surface area contributed by atoms with Gasteiger partial charge in [0.1, 0.15) is 11.4 Å². The Balaban J connectivity index is 1.44. The number of ether oxygens (including phenoxy) is 1. The van der Waals surface area contributed by atoms with Gasteiger partial charge in [0, 0.05) is 25.6 Å². The normalized spacial score (nSPS) is 10.5. The first-order valence-electron chi connectivity index (χ1n) is 8.38. The Hall–Kier alpha value is -3.22. The number of hydrogen-bond acceptors (Lipinski definition) is 6. The standard InChI is InChI=1S/C19H20N4O3/c1-25-16-8-3-2-6-14(16)11-13-21-17(24)9-10-18-22-23-19(26-18)15-7-4-5-12-20-15/h2-8,12H,9-11,13H2,1H3,(H,21,24). The van der Waals surface area contributed by atoms with Crippen molar-refractivity contribution in [2.75, 3.05) is 13.7 Å². The van der Waals surface area contributed by atoms with Gasteiger partial charge in [-0.05, 0) is 30.2 Å². The second-order valence-corrected chi connectivity index (χ2v) is 5.63. The van der Waals surface area contributed by atoms with Crippen molar-refractivity contribution in [1.29, 1.82) is 0 Å². The van der Waals surface area contributed by atoms with Crippen LogP contribution < -0.4 is 10.1 Å². The maximum atomic E-state index is 12.0. The molecule has 1 N–H and O–H groups in total. The summed E-state index contributed by atoms with van der Waals surface area (Å²) < 4.78 is 10.8. The summed E-state index contributed by atoms with van der Waals surface area (Å²) in [5.41, 5.74) is 1.68. The quantitative estimate of drug-likeness (QED) is 0.670. The molecular formula is C19H20N4O3. The molecule has 0 radical (unpaired) electrons. The molecule has 0 fully saturated rings. The van der Waals surface area contributed by atoms with E-state index in [0.717, 1.165) is 11.3 Å². The number of nitrogens with zero attached hydrogens (tertiary/aromatic N) is 3. The van der Waals surface area contributed by atoms with Crippen molar-refractivity contribution in [1.82, 2.24) is 20.5 Å². The predicted molar refractivity (Wildman–Crippen MR) is 95.6 cm³/mol. The molecule has 2 aromatic heterocycles. The SMILES string of the molecule is COc1ccccc1CCNC(=O)CCc1nnc(-c2ccccn2)o1. The van der Waals surface area contributed by atoms with Gasteiger partial charge in [-0.1, -0.05) is 24.3 Å². The Morgan fingerprint density at radius 1 is 1.12 bits per heavy atom. The number of amides is 1. The van der Waals surface area contributed by atoms with Crippen molar-refractivity contribution >= 4 is 5.91 Å². The van der Waals surface area contributed by atoms with Gasteiger partial charge in [-0.3, -0.25) is 9.78 Å². The lowest BCUT2D eigenvalue weighted by molar-refractivity contribution is -0.121. The van der Waals surface area contributed by atoms with Crippen LogP contribution in [0, 0.1) is 0 Å². The van der Waals surface area contributed by atoms with Gasteiger partial charge in [0.05, 0.1) is 7.11 Å². The topological polar surface area (TPSA) is 90.1 Å². The summed E-state index contributed by atoms with van der Waals surface area (Å²) in [5, 5.41) is 10.8. The molecule has 0 aliphatic carbocycles. The lowest BCUT2D eigenvalue weighted by Gasteiger charge is -2.08. The zero-order valence-electron chi connectivity index (χ0n) is 14.5. The Morgan fingerprint density at radius 2 is 1.96 bits per heavy atom. The summed E-state index contributed by atoms with van der Waals surface area (Å²) in [5.74, 6) is 1.55. The fourth-order valence-electron chi connectivity index (χ4n) is 2.50. The highest BCUT2D eigenvalue weighted by Gasteiger charge is 2.11. The van der Waals surface area contributed by atoms with Gasteiger partial charge >= 0.3 is 0 Å². The Bertz CT molecular complexity index is 849. The maximum Gasteiger partial charge on any atom is 0.266 e. The van der Waals surface area contributed by atoms with Crippen molar-refractivity contribution in [2.45, 2.75) is 19.3 Å². The monoisotopic (exact) mass is 352 g/mol. The molecule has 0 bridgehead atoms. The zero-order valence-corrected chi connectivity index (χ0v) is 14.5. The molecule has 1 aromatic carbocycles. The third kappa shape index (κ3) is 4.66. The average Bonchev–Trinajstić information content (AvgIpc) is 3.16. The molecular weight excluding hydrogens is 332 g/mol. The summed E-state index contributed by atoms with van der Waals surface area (Å²) in [6.07, 6.45) is 3.05. The summed E-state index contributed by atoms with van der Waals surface area (Å²) in [6, 6.07) is 13.2. The van der Waals surface area contributed by atoms with E-state index in [1.165, 1.54) is 0 Å². The molecule has 26 heavy (non-hydrogen) atoms. The number of carbonyl (C=O) groups excluding carboxylic acids is 1. The zero-order chi connectivity index (χ0) is 18.2. The van der Waals surface area contributed by atoms with E-state index in [0.29, 0.717) is 36.9 Å². The molecule has 0 unspecified atom stereocenters. The van der Waals surface area contributed by atoms with Gasteiger partial charge in [-0.2, -0.15) is 0 Å². The third-order valence-electron chi connectivity index (χ3n) is 3.83. The molecule has 0 aliphatic rings. The van der Waals surface area contributed by atoms with Crippen LogP contribution in [0.15, 0.2) is 53.1 Å². The molecule has 2 heterocycles. The molecule has 1 amide bonds. The predicted octanol–water partition coefficient (Wildman–Crippen LogP) is 2.43. The van der Waals surface area contributed by atoms with Crippen molar-refractivity contribution in [3.8, 4) is 17.3 Å². The molecule has 3 rings (SSSR count). The molecule has 134 valence electrons. The van der Waals surface area contributed by atoms with Crippen LogP contribution in [0.4, 0.5) is 0 Å². The van der Waals surface area contributed by atoms with Gasteiger partial charge in [0.2, 0.25) is 11.8 Å². The van der Waals surface area contributed by atoms with E-state index >= 15 is 0 Å². The minimum Gasteiger partial charge on any atom is -0.496 e. The van der Waals surface area contributed by atoms with E-state index in [9.17, 15) is 4.79 Å². The van der Waals surface area contributed by atoms with Crippen molar-refractivity contribution in [3.05, 3.63) is 60.1 Å². The minimum atomic E-state index is -0.0579. The Kier molecular flexibility index (Phi) is 5.92. The number of benzene rings is 1. The first-order chi connectivity index (χ1) is 12.8. The first kappa shape index (κ1) is 17.6. The number of pyridine rings is 1. The number of aromatic nitrogens is 3. The molecule has 0 saturated carbocycles. The lowest BCUT2D eigenvalue weighted by Crippen LogP contribution is -2.26. The second kappa shape index (κ2) is 8.75. The molecule has 3 aromatic rings. The molecule has 0 aliphatic heterocycles. The number of rotatable bonds is 8. The summed E-state index contributed by atoms with van der Waals surface area (Å²) in [7, 11) is 1.64. The smallest absolute Gasteiger partial charge is 0.266 e. The minimum absolute atomic E-state index is 0.0579. The Labute approximate surface area is 151 Å². The summed E-state index contributed by atoms with van der Waals surface area (Å²) >= 11 is 0. The molecule has 0 spiro atoms. The van der Waals surface area contributed by atoms with Crippen LogP contribution >= 0.6 is 0 Å². The van der Waals surface area contributed by atoms with E-state index < -0.39 is 0 Å². The number of hydrogen-bond donors (Lipinski definition) is 1. The van der Waals surface area contributed by atoms with Crippen molar-refractivity contribution < 1.29 is 13.9 Å². The fraction of sp³-hybridized carbons (Fsp3) is 0.263. The van der Waals surface area contributed by atoms with Crippen LogP contribution in [-0.2, 0) is 17.6 Å². The number of carbonyl (C=O) groups is 1. The number of para-hydroxylation sites is 1. The van der Waals surface area contributed by atoms with Crippen LogP contribution in [0.25, 0.3) is 11.6 Å². The van der Waals surface area contributed by atoms with Crippen LogP contribution in [0.5, 0.6) is 5.75 Å². The number of methoxy groups -OCH3 is 1. The number of aryl methyl sites for hydroxylation is 1. The molecule has 7 nitrogen and oxygen atoms in total. The highest BCUT2D eigenvalue weighted by Crippen LogP contribution is 2.17. The molecule has 0 saturated heterocycles. The van der Waals surface area contributed by atoms with E-state index in [1.807, 2.05) is 36.4 Å². The van der Waals surface area contributed by atoms with Crippen LogP contribution in [-0.4, -0.2) is 34.7 Å². The maximum absolute atomic E-state index is 12.0. The highest BCUT2D eigenvalue weighted by molar-refractivity contribution is 5.76. The van der Waals surface area contributed by atoms with Gasteiger partial charge < -0.3 is 14.5 Å². The van der Waals surface area contributed by atoms with Gasteiger partial charge in [-0.15, -0.1) is 10.2 Å². The van der Waals surface area contributed by atoms with Gasteiger partial charge in [-0.25, -0.2) is 0 Å². The van der Waals surface area contributed by atoms with E-state index in [1.54, 1.807) is 19.4 Å². The van der Waals surface area contributed by atoms with Crippen LogP contribution in [0.1, 0.15) is 17.9 Å². The van der Waals surface area contributed by atoms with Gasteiger partial charge in [0.15, 0.2) is 0 Å². The average molecular weight is 352 g/mol. The van der Waals surface area contributed by atoms with E-state index in [2.05, 4.69) is 20.5 Å². The first-order valence-corrected chi connectivity index (χ1v) is 8.38. The van der Waals surface area contributed by atoms with Crippen molar-refractivity contribution in [3.63, 3.8) is 0 Å². The molecule has 0 atom stereocenters. The highest BCUT2D eigenvalue weighted by atomic mass is 16.5. The van der Waals surface area contributed by atoms with Crippen LogP contribution in [0.2, 0.25) is 0 Å². The number of nitrogens with one attached hydrogen (secondary N) is 1. The summed E-state index contributed by atoms with van der Waals surface area (Å²) in [4.78, 5) is 16.1.